The molecule has 0 N–H and O–H groups in total. The standard InChI is InChI=1S/C13H20N2OS/c1-10-12(4-7-17-10)13(16)8-11-9-14(2)5-6-15(11)3/h4,7,11H,5-6,8-9H2,1-3H3. The quantitative estimate of drug-likeness (QED) is 0.767. The molecular weight excluding hydrogens is 232 g/mol. The molecule has 2 rings (SSSR count). The van der Waals surface area contributed by atoms with Crippen molar-refractivity contribution in [3.63, 3.8) is 0 Å². The maximum absolute atomic E-state index is 12.2. The molecule has 0 aliphatic carbocycles. The summed E-state index contributed by atoms with van der Waals surface area (Å²) in [6.45, 7) is 5.16. The van der Waals surface area contributed by atoms with Crippen LogP contribution >= 0.6 is 11.3 Å². The van der Waals surface area contributed by atoms with Crippen LogP contribution in [-0.2, 0) is 0 Å². The van der Waals surface area contributed by atoms with Gasteiger partial charge in [0, 0.05) is 42.5 Å². The van der Waals surface area contributed by atoms with Crippen LogP contribution in [0.1, 0.15) is 21.7 Å². The second kappa shape index (κ2) is 5.29. The van der Waals surface area contributed by atoms with Crippen LogP contribution in [0.4, 0.5) is 0 Å². The molecule has 1 unspecified atom stereocenters. The fourth-order valence-electron chi connectivity index (χ4n) is 2.32. The second-order valence-corrected chi connectivity index (χ2v) is 6.03. The van der Waals surface area contributed by atoms with E-state index in [0.29, 0.717) is 12.5 Å². The second-order valence-electron chi connectivity index (χ2n) is 4.91. The van der Waals surface area contributed by atoms with Gasteiger partial charge in [-0.3, -0.25) is 4.79 Å². The van der Waals surface area contributed by atoms with Crippen LogP contribution in [-0.4, -0.2) is 55.4 Å². The molecule has 0 bridgehead atoms. The van der Waals surface area contributed by atoms with Crippen LogP contribution in [0.15, 0.2) is 11.4 Å². The Bertz CT molecular complexity index is 402. The lowest BCUT2D eigenvalue weighted by molar-refractivity contribution is 0.0810. The number of rotatable bonds is 3. The van der Waals surface area contributed by atoms with E-state index < -0.39 is 0 Å². The first-order valence-electron chi connectivity index (χ1n) is 6.04. The number of piperazine rings is 1. The summed E-state index contributed by atoms with van der Waals surface area (Å²) in [7, 11) is 4.24. The van der Waals surface area contributed by atoms with E-state index in [1.807, 2.05) is 18.4 Å². The molecule has 0 amide bonds. The highest BCUT2D eigenvalue weighted by atomic mass is 32.1. The molecule has 17 heavy (non-hydrogen) atoms. The number of ketones is 1. The summed E-state index contributed by atoms with van der Waals surface area (Å²) >= 11 is 1.65. The molecule has 1 aliphatic rings. The predicted molar refractivity (Wildman–Crippen MR) is 71.9 cm³/mol. The maximum atomic E-state index is 12.2. The van der Waals surface area contributed by atoms with Gasteiger partial charge in [-0.25, -0.2) is 0 Å². The number of carbonyl (C=O) groups excluding carboxylic acids is 1. The lowest BCUT2D eigenvalue weighted by Crippen LogP contribution is -2.50. The van der Waals surface area contributed by atoms with Gasteiger partial charge in [-0.2, -0.15) is 0 Å². The van der Waals surface area contributed by atoms with E-state index >= 15 is 0 Å². The summed E-state index contributed by atoms with van der Waals surface area (Å²) in [6, 6.07) is 2.31. The van der Waals surface area contributed by atoms with Gasteiger partial charge in [-0.1, -0.05) is 0 Å². The van der Waals surface area contributed by atoms with Gasteiger partial charge in [-0.15, -0.1) is 11.3 Å². The van der Waals surface area contributed by atoms with E-state index in [1.54, 1.807) is 11.3 Å². The van der Waals surface area contributed by atoms with Crippen molar-refractivity contribution in [2.45, 2.75) is 19.4 Å². The zero-order chi connectivity index (χ0) is 12.4. The van der Waals surface area contributed by atoms with Crippen LogP contribution in [0, 0.1) is 6.92 Å². The largest absolute Gasteiger partial charge is 0.304 e. The van der Waals surface area contributed by atoms with Crippen LogP contribution in [0.2, 0.25) is 0 Å². The van der Waals surface area contributed by atoms with Gasteiger partial charge in [0.05, 0.1) is 0 Å². The Kier molecular flexibility index (Phi) is 3.97. The molecule has 1 aliphatic heterocycles. The molecule has 0 aromatic carbocycles. The van der Waals surface area contributed by atoms with Crippen molar-refractivity contribution in [2.24, 2.45) is 0 Å². The summed E-state index contributed by atoms with van der Waals surface area (Å²) in [6.07, 6.45) is 0.637. The molecule has 0 spiro atoms. The van der Waals surface area contributed by atoms with E-state index in [0.717, 1.165) is 30.1 Å². The zero-order valence-electron chi connectivity index (χ0n) is 10.8. The monoisotopic (exact) mass is 252 g/mol. The van der Waals surface area contributed by atoms with Gasteiger partial charge in [0.15, 0.2) is 5.78 Å². The first-order valence-corrected chi connectivity index (χ1v) is 6.92. The van der Waals surface area contributed by atoms with Crippen molar-refractivity contribution < 1.29 is 4.79 Å². The third-order valence-electron chi connectivity index (χ3n) is 3.56. The number of aryl methyl sites for hydroxylation is 1. The van der Waals surface area contributed by atoms with E-state index in [4.69, 9.17) is 0 Å². The molecule has 1 fully saturated rings. The molecule has 1 saturated heterocycles. The summed E-state index contributed by atoms with van der Waals surface area (Å²) in [4.78, 5) is 18.0. The van der Waals surface area contributed by atoms with E-state index in [2.05, 4.69) is 23.9 Å². The number of carbonyl (C=O) groups is 1. The zero-order valence-corrected chi connectivity index (χ0v) is 11.6. The number of nitrogens with zero attached hydrogens (tertiary/aromatic N) is 2. The van der Waals surface area contributed by atoms with Gasteiger partial charge in [-0.05, 0) is 32.5 Å². The van der Waals surface area contributed by atoms with E-state index in [9.17, 15) is 4.79 Å². The lowest BCUT2D eigenvalue weighted by Gasteiger charge is -2.37. The summed E-state index contributed by atoms with van der Waals surface area (Å²) < 4.78 is 0. The fourth-order valence-corrected chi connectivity index (χ4v) is 3.04. The van der Waals surface area contributed by atoms with E-state index in [1.165, 1.54) is 0 Å². The molecule has 1 aromatic rings. The normalized spacial score (nSPS) is 22.9. The smallest absolute Gasteiger partial charge is 0.165 e. The Labute approximate surface area is 107 Å². The predicted octanol–water partition coefficient (Wildman–Crippen LogP) is 1.88. The molecule has 1 aromatic heterocycles. The molecule has 2 heterocycles. The molecule has 3 nitrogen and oxygen atoms in total. The topological polar surface area (TPSA) is 23.6 Å². The Morgan fingerprint density at radius 1 is 1.47 bits per heavy atom. The number of Topliss-reactive ketones (excluding diaryl/α,β-unsaturated/α-hetero) is 1. The minimum atomic E-state index is 0.288. The molecular formula is C13H20N2OS. The summed E-state index contributed by atoms with van der Waals surface area (Å²) in [5, 5.41) is 2.00. The fraction of sp³-hybridized carbons (Fsp3) is 0.615. The van der Waals surface area contributed by atoms with Gasteiger partial charge >= 0.3 is 0 Å². The average molecular weight is 252 g/mol. The van der Waals surface area contributed by atoms with Crippen molar-refractivity contribution in [3.05, 3.63) is 21.9 Å². The lowest BCUT2D eigenvalue weighted by atomic mass is 10.0. The van der Waals surface area contributed by atoms with Gasteiger partial charge in [0.2, 0.25) is 0 Å². The summed E-state index contributed by atoms with van der Waals surface area (Å²) in [5.41, 5.74) is 0.914. The first kappa shape index (κ1) is 12.7. The summed E-state index contributed by atoms with van der Waals surface area (Å²) in [5.74, 6) is 0.288. The molecule has 0 saturated carbocycles. The molecule has 4 heteroatoms. The minimum Gasteiger partial charge on any atom is -0.304 e. The third-order valence-corrected chi connectivity index (χ3v) is 4.41. The van der Waals surface area contributed by atoms with Crippen LogP contribution in [0.3, 0.4) is 0 Å². The van der Waals surface area contributed by atoms with Crippen molar-refractivity contribution in [1.82, 2.24) is 9.80 Å². The minimum absolute atomic E-state index is 0.288. The average Bonchev–Trinajstić information content (AvgIpc) is 2.70. The molecule has 94 valence electrons. The highest BCUT2D eigenvalue weighted by Gasteiger charge is 2.25. The van der Waals surface area contributed by atoms with Crippen molar-refractivity contribution in [2.75, 3.05) is 33.7 Å². The number of thiophene rings is 1. The maximum Gasteiger partial charge on any atom is 0.165 e. The van der Waals surface area contributed by atoms with Crippen LogP contribution < -0.4 is 0 Å². The number of hydrogen-bond donors (Lipinski definition) is 0. The Hall–Kier alpha value is -0.710. The first-order chi connectivity index (χ1) is 8.08. The van der Waals surface area contributed by atoms with Crippen LogP contribution in [0.5, 0.6) is 0 Å². The highest BCUT2D eigenvalue weighted by Crippen LogP contribution is 2.19. The third kappa shape index (κ3) is 2.94. The molecule has 0 radical (unpaired) electrons. The Balaban J connectivity index is 2.01. The van der Waals surface area contributed by atoms with Crippen molar-refractivity contribution in [3.8, 4) is 0 Å². The van der Waals surface area contributed by atoms with Gasteiger partial charge < -0.3 is 9.80 Å². The Morgan fingerprint density at radius 2 is 2.24 bits per heavy atom. The Morgan fingerprint density at radius 3 is 2.88 bits per heavy atom. The number of likely N-dealkylation sites (N-methyl/N-ethyl adjacent to an activating group) is 2. The van der Waals surface area contributed by atoms with E-state index in [-0.39, 0.29) is 5.78 Å². The van der Waals surface area contributed by atoms with Gasteiger partial charge in [0.25, 0.3) is 0 Å². The molecule has 1 atom stereocenters. The number of hydrogen-bond acceptors (Lipinski definition) is 4. The highest BCUT2D eigenvalue weighted by molar-refractivity contribution is 7.10. The van der Waals surface area contributed by atoms with Crippen LogP contribution in [0.25, 0.3) is 0 Å². The van der Waals surface area contributed by atoms with Gasteiger partial charge in [0.1, 0.15) is 0 Å². The van der Waals surface area contributed by atoms with Crippen molar-refractivity contribution in [1.29, 1.82) is 0 Å². The van der Waals surface area contributed by atoms with Crippen molar-refractivity contribution >= 4 is 17.1 Å². The SMILES string of the molecule is Cc1sccc1C(=O)CC1CN(C)CCN1C.